The standard InChI is InChI=1S/C22H46S.C2H6O/c1-2-3-4-5-6-7-8-9-10-11-12-13-14-15-16-17-18-19-20-21-22-23;1-2-3/h23H,2-22H2,1H3;3H,2H2,1H3. The summed E-state index contributed by atoms with van der Waals surface area (Å²) >= 11 is 4.26. The van der Waals surface area contributed by atoms with Gasteiger partial charge >= 0.3 is 0 Å². The van der Waals surface area contributed by atoms with Gasteiger partial charge in [0, 0.05) is 6.61 Å². The molecule has 160 valence electrons. The summed E-state index contributed by atoms with van der Waals surface area (Å²) in [5.74, 6) is 1.07. The molecule has 0 atom stereocenters. The summed E-state index contributed by atoms with van der Waals surface area (Å²) in [6.45, 7) is 4.23. The van der Waals surface area contributed by atoms with Gasteiger partial charge in [0.1, 0.15) is 0 Å². The van der Waals surface area contributed by atoms with Crippen LogP contribution in [0.1, 0.15) is 142 Å². The van der Waals surface area contributed by atoms with Crippen LogP contribution in [0.5, 0.6) is 0 Å². The van der Waals surface area contributed by atoms with Crippen molar-refractivity contribution in [1.82, 2.24) is 0 Å². The van der Waals surface area contributed by atoms with Crippen LogP contribution in [0.25, 0.3) is 0 Å². The van der Waals surface area contributed by atoms with E-state index in [0.29, 0.717) is 0 Å². The highest BCUT2D eigenvalue weighted by Gasteiger charge is 1.95. The van der Waals surface area contributed by atoms with E-state index in [4.69, 9.17) is 5.11 Å². The molecular weight excluding hydrogens is 336 g/mol. The molecule has 0 saturated heterocycles. The molecule has 1 N–H and O–H groups in total. The second-order valence-corrected chi connectivity index (χ2v) is 8.20. The number of hydrogen-bond donors (Lipinski definition) is 2. The van der Waals surface area contributed by atoms with Crippen molar-refractivity contribution in [3.05, 3.63) is 0 Å². The number of hydrogen-bond acceptors (Lipinski definition) is 2. The van der Waals surface area contributed by atoms with Crippen LogP contribution in [0.2, 0.25) is 0 Å². The fourth-order valence-electron chi connectivity index (χ4n) is 3.37. The molecule has 0 bridgehead atoms. The van der Waals surface area contributed by atoms with Crippen molar-refractivity contribution in [2.45, 2.75) is 142 Å². The lowest BCUT2D eigenvalue weighted by molar-refractivity contribution is 0.318. The summed E-state index contributed by atoms with van der Waals surface area (Å²) in [5, 5.41) is 7.57. The summed E-state index contributed by atoms with van der Waals surface area (Å²) < 4.78 is 0. The normalized spacial score (nSPS) is 10.6. The second kappa shape index (κ2) is 30.1. The first-order valence-corrected chi connectivity index (χ1v) is 12.7. The molecular formula is C24H52OS. The molecule has 0 aliphatic carbocycles. The topological polar surface area (TPSA) is 20.2 Å². The Morgan fingerprint density at radius 3 is 0.808 bits per heavy atom. The van der Waals surface area contributed by atoms with E-state index in [2.05, 4.69) is 19.6 Å². The maximum atomic E-state index is 7.57. The first-order chi connectivity index (χ1) is 12.8. The van der Waals surface area contributed by atoms with E-state index in [1.54, 1.807) is 6.92 Å². The van der Waals surface area contributed by atoms with E-state index < -0.39 is 0 Å². The number of aliphatic hydroxyl groups excluding tert-OH is 1. The summed E-state index contributed by atoms with van der Waals surface area (Å²) in [4.78, 5) is 0. The Balaban J connectivity index is 0. The van der Waals surface area contributed by atoms with Crippen LogP contribution < -0.4 is 0 Å². The van der Waals surface area contributed by atoms with E-state index in [0.717, 1.165) is 5.75 Å². The van der Waals surface area contributed by atoms with Gasteiger partial charge < -0.3 is 5.11 Å². The van der Waals surface area contributed by atoms with Gasteiger partial charge in [0.05, 0.1) is 0 Å². The molecule has 0 radical (unpaired) electrons. The van der Waals surface area contributed by atoms with Crippen molar-refractivity contribution < 1.29 is 5.11 Å². The first-order valence-electron chi connectivity index (χ1n) is 12.0. The van der Waals surface area contributed by atoms with Crippen LogP contribution in [0.15, 0.2) is 0 Å². The van der Waals surface area contributed by atoms with E-state index >= 15 is 0 Å². The summed E-state index contributed by atoms with van der Waals surface area (Å²) in [6, 6.07) is 0. The third-order valence-corrected chi connectivity index (χ3v) is 5.33. The van der Waals surface area contributed by atoms with Crippen molar-refractivity contribution in [1.29, 1.82) is 0 Å². The minimum absolute atomic E-state index is 0.250. The maximum Gasteiger partial charge on any atom is 0.0402 e. The molecule has 0 aliphatic heterocycles. The summed E-state index contributed by atoms with van der Waals surface area (Å²) in [6.07, 6.45) is 29.1. The van der Waals surface area contributed by atoms with Gasteiger partial charge in [-0.15, -0.1) is 0 Å². The Morgan fingerprint density at radius 2 is 0.615 bits per heavy atom. The van der Waals surface area contributed by atoms with Crippen molar-refractivity contribution >= 4 is 12.6 Å². The molecule has 0 saturated carbocycles. The third kappa shape index (κ3) is 32.0. The molecule has 0 fully saturated rings. The van der Waals surface area contributed by atoms with Gasteiger partial charge in [-0.1, -0.05) is 129 Å². The van der Waals surface area contributed by atoms with E-state index in [-0.39, 0.29) is 6.61 Å². The number of unbranched alkanes of at least 4 members (excludes halogenated alkanes) is 19. The maximum absolute atomic E-state index is 7.57. The molecule has 0 spiro atoms. The lowest BCUT2D eigenvalue weighted by atomic mass is 10.0. The number of rotatable bonds is 20. The minimum Gasteiger partial charge on any atom is -0.397 e. The molecule has 0 rings (SSSR count). The van der Waals surface area contributed by atoms with Crippen molar-refractivity contribution in [3.63, 3.8) is 0 Å². The lowest BCUT2D eigenvalue weighted by Crippen LogP contribution is -1.84. The SMILES string of the molecule is CCCCCCCCCCCCCCCCCCCCCCS.CCO. The van der Waals surface area contributed by atoms with Crippen LogP contribution in [-0.2, 0) is 0 Å². The van der Waals surface area contributed by atoms with Gasteiger partial charge in [0.2, 0.25) is 0 Å². The van der Waals surface area contributed by atoms with Gasteiger partial charge in [0.15, 0.2) is 0 Å². The van der Waals surface area contributed by atoms with Crippen molar-refractivity contribution in [3.8, 4) is 0 Å². The zero-order valence-electron chi connectivity index (χ0n) is 18.5. The molecule has 2 heteroatoms. The molecule has 0 aliphatic rings. The Morgan fingerprint density at radius 1 is 0.423 bits per heavy atom. The molecule has 0 aromatic heterocycles. The second-order valence-electron chi connectivity index (χ2n) is 7.76. The fraction of sp³-hybridized carbons (Fsp3) is 1.00. The molecule has 0 aromatic rings. The molecule has 0 aromatic carbocycles. The Labute approximate surface area is 172 Å². The fourth-order valence-corrected chi connectivity index (χ4v) is 3.59. The lowest BCUT2D eigenvalue weighted by Gasteiger charge is -2.04. The average molecular weight is 389 g/mol. The monoisotopic (exact) mass is 388 g/mol. The Kier molecular flexibility index (Phi) is 33.0. The van der Waals surface area contributed by atoms with Gasteiger partial charge in [-0.05, 0) is 19.1 Å². The van der Waals surface area contributed by atoms with Gasteiger partial charge in [-0.25, -0.2) is 0 Å². The highest BCUT2D eigenvalue weighted by atomic mass is 32.1. The minimum atomic E-state index is 0.250. The highest BCUT2D eigenvalue weighted by Crippen LogP contribution is 2.14. The summed E-state index contributed by atoms with van der Waals surface area (Å²) in [5.41, 5.74) is 0. The Hall–Kier alpha value is 0.310. The molecule has 0 heterocycles. The van der Waals surface area contributed by atoms with Crippen LogP contribution in [0.4, 0.5) is 0 Å². The van der Waals surface area contributed by atoms with Crippen LogP contribution in [0, 0.1) is 0 Å². The predicted octanol–water partition coefficient (Wildman–Crippen LogP) is 8.74. The number of aliphatic hydroxyl groups is 1. The van der Waals surface area contributed by atoms with E-state index in [1.807, 2.05) is 0 Å². The van der Waals surface area contributed by atoms with Gasteiger partial charge in [-0.3, -0.25) is 0 Å². The highest BCUT2D eigenvalue weighted by molar-refractivity contribution is 7.80. The van der Waals surface area contributed by atoms with Gasteiger partial charge in [0.25, 0.3) is 0 Å². The number of thiol groups is 1. The Bertz CT molecular complexity index is 188. The molecule has 26 heavy (non-hydrogen) atoms. The van der Waals surface area contributed by atoms with Crippen molar-refractivity contribution in [2.24, 2.45) is 0 Å². The first kappa shape index (κ1) is 28.5. The zero-order valence-corrected chi connectivity index (χ0v) is 19.3. The largest absolute Gasteiger partial charge is 0.397 e. The predicted molar refractivity (Wildman–Crippen MR) is 125 cm³/mol. The van der Waals surface area contributed by atoms with Crippen LogP contribution in [-0.4, -0.2) is 17.5 Å². The molecule has 0 amide bonds. The van der Waals surface area contributed by atoms with Crippen LogP contribution >= 0.6 is 12.6 Å². The average Bonchev–Trinajstić information content (AvgIpc) is 2.64. The summed E-state index contributed by atoms with van der Waals surface area (Å²) in [7, 11) is 0. The van der Waals surface area contributed by atoms with E-state index in [1.165, 1.54) is 128 Å². The van der Waals surface area contributed by atoms with Crippen LogP contribution in [0.3, 0.4) is 0 Å². The third-order valence-electron chi connectivity index (χ3n) is 5.01. The smallest absolute Gasteiger partial charge is 0.0402 e. The molecule has 1 nitrogen and oxygen atoms in total. The van der Waals surface area contributed by atoms with E-state index in [9.17, 15) is 0 Å². The zero-order chi connectivity index (χ0) is 19.6. The van der Waals surface area contributed by atoms with Crippen molar-refractivity contribution in [2.75, 3.05) is 12.4 Å². The molecule has 0 unspecified atom stereocenters. The van der Waals surface area contributed by atoms with Gasteiger partial charge in [-0.2, -0.15) is 12.6 Å². The quantitative estimate of drug-likeness (QED) is 0.158.